The van der Waals surface area contributed by atoms with Crippen LogP contribution in [0, 0.1) is 19.7 Å². The SMILES string of the molecule is Cc1ccc(C(=O)c2cn(Cc3cccc(Br)n3)c3ccc(F)cc3c2=O)cc1C. The fraction of sp³-hybridized carbons (Fsp3) is 0.125. The summed E-state index contributed by atoms with van der Waals surface area (Å²) in [5.41, 5.74) is 3.26. The van der Waals surface area contributed by atoms with Gasteiger partial charge in [-0.2, -0.15) is 0 Å². The summed E-state index contributed by atoms with van der Waals surface area (Å²) in [4.78, 5) is 30.7. The molecule has 0 aliphatic carbocycles. The molecule has 150 valence electrons. The summed E-state index contributed by atoms with van der Waals surface area (Å²) in [6.07, 6.45) is 1.54. The van der Waals surface area contributed by atoms with Crippen LogP contribution in [0.25, 0.3) is 10.9 Å². The van der Waals surface area contributed by atoms with Gasteiger partial charge in [-0.3, -0.25) is 9.59 Å². The third-order valence-corrected chi connectivity index (χ3v) is 5.60. The Balaban J connectivity index is 1.91. The molecule has 4 rings (SSSR count). The van der Waals surface area contributed by atoms with Gasteiger partial charge in [0.15, 0.2) is 5.78 Å². The number of nitrogens with zero attached hydrogens (tertiary/aromatic N) is 2. The van der Waals surface area contributed by atoms with Crippen LogP contribution in [0.2, 0.25) is 0 Å². The predicted molar refractivity (Wildman–Crippen MR) is 119 cm³/mol. The van der Waals surface area contributed by atoms with Gasteiger partial charge in [-0.1, -0.05) is 18.2 Å². The van der Waals surface area contributed by atoms with Crippen molar-refractivity contribution in [2.75, 3.05) is 0 Å². The van der Waals surface area contributed by atoms with Crippen LogP contribution in [0.5, 0.6) is 0 Å². The Morgan fingerprint density at radius 3 is 2.60 bits per heavy atom. The maximum absolute atomic E-state index is 13.9. The summed E-state index contributed by atoms with van der Waals surface area (Å²) in [6, 6.07) is 14.9. The fourth-order valence-corrected chi connectivity index (χ4v) is 3.79. The van der Waals surface area contributed by atoms with E-state index in [1.807, 2.05) is 38.1 Å². The van der Waals surface area contributed by atoms with Crippen molar-refractivity contribution in [1.29, 1.82) is 0 Å². The van der Waals surface area contributed by atoms with Crippen LogP contribution >= 0.6 is 15.9 Å². The zero-order valence-corrected chi connectivity index (χ0v) is 18.0. The third kappa shape index (κ3) is 3.83. The molecule has 2 heterocycles. The first-order valence-electron chi connectivity index (χ1n) is 9.39. The molecule has 0 aliphatic heterocycles. The summed E-state index contributed by atoms with van der Waals surface area (Å²) < 4.78 is 16.4. The first-order valence-corrected chi connectivity index (χ1v) is 10.2. The Bertz CT molecular complexity index is 1360. The number of ketones is 1. The average molecular weight is 465 g/mol. The Kier molecular flexibility index (Phi) is 5.35. The summed E-state index contributed by atoms with van der Waals surface area (Å²) in [5, 5.41) is 0.166. The molecule has 30 heavy (non-hydrogen) atoms. The second-order valence-electron chi connectivity index (χ2n) is 7.24. The van der Waals surface area contributed by atoms with E-state index in [9.17, 15) is 14.0 Å². The average Bonchev–Trinajstić information content (AvgIpc) is 2.71. The molecule has 0 N–H and O–H groups in total. The Hall–Kier alpha value is -3.12. The number of hydrogen-bond acceptors (Lipinski definition) is 3. The van der Waals surface area contributed by atoms with E-state index in [0.29, 0.717) is 22.2 Å². The maximum atomic E-state index is 13.9. The number of rotatable bonds is 4. The van der Waals surface area contributed by atoms with Crippen molar-refractivity contribution in [3.8, 4) is 0 Å². The number of carbonyl (C=O) groups excluding carboxylic acids is 1. The molecule has 2 aromatic carbocycles. The van der Waals surface area contributed by atoms with Crippen molar-refractivity contribution in [3.63, 3.8) is 0 Å². The number of aryl methyl sites for hydroxylation is 2. The summed E-state index contributed by atoms with van der Waals surface area (Å²) >= 11 is 3.35. The first-order chi connectivity index (χ1) is 14.3. The van der Waals surface area contributed by atoms with Gasteiger partial charge in [0.25, 0.3) is 0 Å². The van der Waals surface area contributed by atoms with Crippen LogP contribution in [-0.4, -0.2) is 15.3 Å². The lowest BCUT2D eigenvalue weighted by Gasteiger charge is -2.14. The molecule has 0 radical (unpaired) electrons. The highest BCUT2D eigenvalue weighted by atomic mass is 79.9. The third-order valence-electron chi connectivity index (χ3n) is 5.16. The van der Waals surface area contributed by atoms with E-state index >= 15 is 0 Å². The van der Waals surface area contributed by atoms with Gasteiger partial charge in [-0.15, -0.1) is 0 Å². The van der Waals surface area contributed by atoms with Gasteiger partial charge in [-0.25, -0.2) is 9.37 Å². The largest absolute Gasteiger partial charge is 0.340 e. The smallest absolute Gasteiger partial charge is 0.200 e. The van der Waals surface area contributed by atoms with Crippen molar-refractivity contribution in [1.82, 2.24) is 9.55 Å². The standard InChI is InChI=1S/C24H18BrFN2O2/c1-14-6-7-16(10-15(14)2)23(29)20-13-28(12-18-4-3-5-22(25)27-18)21-9-8-17(26)11-19(21)24(20)30/h3-11,13H,12H2,1-2H3. The topological polar surface area (TPSA) is 52.0 Å². The number of benzene rings is 2. The quantitative estimate of drug-likeness (QED) is 0.308. The Labute approximate surface area is 181 Å². The monoisotopic (exact) mass is 464 g/mol. The fourth-order valence-electron chi connectivity index (χ4n) is 3.41. The lowest BCUT2D eigenvalue weighted by atomic mass is 9.98. The molecule has 0 fully saturated rings. The molecule has 0 saturated carbocycles. The highest BCUT2D eigenvalue weighted by Crippen LogP contribution is 2.19. The Morgan fingerprint density at radius 2 is 1.87 bits per heavy atom. The van der Waals surface area contributed by atoms with Crippen LogP contribution in [0.15, 0.2) is 70.2 Å². The molecule has 0 unspecified atom stereocenters. The highest BCUT2D eigenvalue weighted by molar-refractivity contribution is 9.10. The van der Waals surface area contributed by atoms with Crippen LogP contribution in [0.3, 0.4) is 0 Å². The van der Waals surface area contributed by atoms with E-state index in [0.717, 1.165) is 16.8 Å². The molecule has 4 nitrogen and oxygen atoms in total. The van der Waals surface area contributed by atoms with Crippen molar-refractivity contribution in [2.24, 2.45) is 0 Å². The minimum atomic E-state index is -0.525. The minimum Gasteiger partial charge on any atom is -0.340 e. The second kappa shape index (κ2) is 7.95. The molecule has 0 amide bonds. The van der Waals surface area contributed by atoms with Crippen LogP contribution in [0.1, 0.15) is 32.7 Å². The summed E-state index contributed by atoms with van der Waals surface area (Å²) in [7, 11) is 0. The normalized spacial score (nSPS) is 11.1. The number of aromatic nitrogens is 2. The van der Waals surface area contributed by atoms with Gasteiger partial charge in [0.2, 0.25) is 5.43 Å². The van der Waals surface area contributed by atoms with Gasteiger partial charge >= 0.3 is 0 Å². The maximum Gasteiger partial charge on any atom is 0.200 e. The molecular formula is C24H18BrFN2O2. The van der Waals surface area contributed by atoms with Crippen molar-refractivity contribution < 1.29 is 9.18 Å². The number of carbonyl (C=O) groups is 1. The van der Waals surface area contributed by atoms with Gasteiger partial charge in [0, 0.05) is 17.1 Å². The van der Waals surface area contributed by atoms with E-state index < -0.39 is 11.2 Å². The molecule has 0 atom stereocenters. The minimum absolute atomic E-state index is 0.00588. The molecule has 0 bridgehead atoms. The predicted octanol–water partition coefficient (Wildman–Crippen LogP) is 5.19. The van der Waals surface area contributed by atoms with Gasteiger partial charge < -0.3 is 4.57 Å². The van der Waals surface area contributed by atoms with E-state index in [1.54, 1.807) is 29.0 Å². The summed E-state index contributed by atoms with van der Waals surface area (Å²) in [6.45, 7) is 4.20. The zero-order valence-electron chi connectivity index (χ0n) is 16.4. The van der Waals surface area contributed by atoms with E-state index in [1.165, 1.54) is 12.1 Å². The molecule has 4 aromatic rings. The number of pyridine rings is 2. The lowest BCUT2D eigenvalue weighted by molar-refractivity contribution is 0.103. The van der Waals surface area contributed by atoms with Crippen LogP contribution in [-0.2, 0) is 6.54 Å². The van der Waals surface area contributed by atoms with Gasteiger partial charge in [0.1, 0.15) is 10.4 Å². The van der Waals surface area contributed by atoms with Gasteiger partial charge in [-0.05, 0) is 77.3 Å². The lowest BCUT2D eigenvalue weighted by Crippen LogP contribution is -2.20. The number of fused-ring (bicyclic) bond motifs is 1. The molecule has 0 saturated heterocycles. The molecule has 0 aliphatic rings. The highest BCUT2D eigenvalue weighted by Gasteiger charge is 2.18. The molecule has 2 aromatic heterocycles. The van der Waals surface area contributed by atoms with E-state index in [4.69, 9.17) is 0 Å². The molecule has 6 heteroatoms. The second-order valence-corrected chi connectivity index (χ2v) is 8.05. The number of halogens is 2. The van der Waals surface area contributed by atoms with Crippen molar-refractivity contribution in [2.45, 2.75) is 20.4 Å². The first kappa shape index (κ1) is 20.2. The Morgan fingerprint density at radius 1 is 1.07 bits per heavy atom. The van der Waals surface area contributed by atoms with Crippen LogP contribution in [0.4, 0.5) is 4.39 Å². The number of hydrogen-bond donors (Lipinski definition) is 0. The van der Waals surface area contributed by atoms with Crippen LogP contribution < -0.4 is 5.43 Å². The van der Waals surface area contributed by atoms with E-state index in [2.05, 4.69) is 20.9 Å². The molecular weight excluding hydrogens is 447 g/mol. The van der Waals surface area contributed by atoms with Gasteiger partial charge in [0.05, 0.1) is 23.3 Å². The summed E-state index contributed by atoms with van der Waals surface area (Å²) in [5.74, 6) is -0.910. The van der Waals surface area contributed by atoms with Crippen molar-refractivity contribution in [3.05, 3.63) is 109 Å². The van der Waals surface area contributed by atoms with E-state index in [-0.39, 0.29) is 16.7 Å². The molecule has 0 spiro atoms. The zero-order chi connectivity index (χ0) is 21.4. The van der Waals surface area contributed by atoms with Crippen molar-refractivity contribution >= 4 is 32.6 Å².